The predicted molar refractivity (Wildman–Crippen MR) is 130 cm³/mol. The number of aromatic nitrogens is 3. The molecule has 33 heavy (non-hydrogen) atoms. The van der Waals surface area contributed by atoms with Crippen LogP contribution in [0, 0.1) is 5.92 Å². The minimum absolute atomic E-state index is 0.0376. The van der Waals surface area contributed by atoms with Crippen molar-refractivity contribution in [3.05, 3.63) is 41.4 Å². The maximum atomic E-state index is 13.2. The number of hydrogen-bond donors (Lipinski definition) is 0. The highest BCUT2D eigenvalue weighted by Crippen LogP contribution is 2.28. The van der Waals surface area contributed by atoms with Crippen LogP contribution in [0.4, 0.5) is 5.69 Å². The summed E-state index contributed by atoms with van der Waals surface area (Å²) in [5.74, 6) is 0.306. The van der Waals surface area contributed by atoms with E-state index in [0.717, 1.165) is 30.8 Å². The van der Waals surface area contributed by atoms with Gasteiger partial charge in [0, 0.05) is 50.2 Å². The SMILES string of the molecule is CC(C)CC(=O)N1CCCN(C(C)C)CCN(C(=O)Cn2cncn2)Cc2ccc(Cl)cc21. The van der Waals surface area contributed by atoms with Gasteiger partial charge in [-0.15, -0.1) is 0 Å². The third-order valence-electron chi connectivity index (χ3n) is 5.91. The molecule has 1 aromatic carbocycles. The zero-order chi connectivity index (χ0) is 24.0. The van der Waals surface area contributed by atoms with Gasteiger partial charge < -0.3 is 9.80 Å². The molecule has 180 valence electrons. The number of benzene rings is 1. The Morgan fingerprint density at radius 1 is 1.06 bits per heavy atom. The van der Waals surface area contributed by atoms with E-state index in [1.54, 1.807) is 6.33 Å². The van der Waals surface area contributed by atoms with Crippen molar-refractivity contribution in [1.82, 2.24) is 24.6 Å². The summed E-state index contributed by atoms with van der Waals surface area (Å²) in [6.07, 6.45) is 4.29. The van der Waals surface area contributed by atoms with E-state index in [4.69, 9.17) is 11.6 Å². The van der Waals surface area contributed by atoms with Crippen molar-refractivity contribution < 1.29 is 9.59 Å². The number of amides is 2. The molecule has 0 aliphatic carbocycles. The summed E-state index contributed by atoms with van der Waals surface area (Å²) in [5.41, 5.74) is 1.71. The summed E-state index contributed by atoms with van der Waals surface area (Å²) in [6, 6.07) is 5.95. The summed E-state index contributed by atoms with van der Waals surface area (Å²) in [7, 11) is 0. The number of fused-ring (bicyclic) bond motifs is 1. The molecule has 0 saturated carbocycles. The highest BCUT2D eigenvalue weighted by Gasteiger charge is 2.25. The van der Waals surface area contributed by atoms with Crippen LogP contribution in [0.3, 0.4) is 0 Å². The second-order valence-electron chi connectivity index (χ2n) is 9.31. The number of hydrogen-bond acceptors (Lipinski definition) is 5. The Morgan fingerprint density at radius 3 is 2.52 bits per heavy atom. The van der Waals surface area contributed by atoms with E-state index in [1.165, 1.54) is 11.0 Å². The fourth-order valence-electron chi connectivity index (χ4n) is 4.12. The lowest BCUT2D eigenvalue weighted by atomic mass is 10.1. The van der Waals surface area contributed by atoms with Crippen molar-refractivity contribution in [3.63, 3.8) is 0 Å². The largest absolute Gasteiger partial charge is 0.335 e. The number of carbonyl (C=O) groups is 2. The molecule has 1 aliphatic rings. The van der Waals surface area contributed by atoms with Crippen molar-refractivity contribution in [1.29, 1.82) is 0 Å². The van der Waals surface area contributed by atoms with Gasteiger partial charge in [0.2, 0.25) is 11.8 Å². The maximum Gasteiger partial charge on any atom is 0.244 e. The zero-order valence-corrected chi connectivity index (χ0v) is 20.8. The van der Waals surface area contributed by atoms with Crippen molar-refractivity contribution in [2.75, 3.05) is 31.1 Å². The van der Waals surface area contributed by atoms with Crippen LogP contribution >= 0.6 is 11.6 Å². The number of halogens is 1. The van der Waals surface area contributed by atoms with Gasteiger partial charge in [-0.2, -0.15) is 5.10 Å². The van der Waals surface area contributed by atoms with Gasteiger partial charge in [-0.3, -0.25) is 14.5 Å². The van der Waals surface area contributed by atoms with Gasteiger partial charge >= 0.3 is 0 Å². The number of rotatable bonds is 5. The first kappa shape index (κ1) is 25.2. The first-order valence-corrected chi connectivity index (χ1v) is 12.1. The van der Waals surface area contributed by atoms with Crippen molar-refractivity contribution in [2.24, 2.45) is 5.92 Å². The summed E-state index contributed by atoms with van der Waals surface area (Å²) in [6.45, 7) is 11.8. The molecule has 0 atom stereocenters. The van der Waals surface area contributed by atoms with Gasteiger partial charge in [0.1, 0.15) is 19.2 Å². The van der Waals surface area contributed by atoms with E-state index < -0.39 is 0 Å². The highest BCUT2D eigenvalue weighted by molar-refractivity contribution is 6.31. The molecule has 2 amide bonds. The Kier molecular flexibility index (Phi) is 8.86. The first-order chi connectivity index (χ1) is 15.7. The number of anilines is 1. The van der Waals surface area contributed by atoms with Crippen LogP contribution in [0.15, 0.2) is 30.9 Å². The Morgan fingerprint density at radius 2 is 1.85 bits per heavy atom. The van der Waals surface area contributed by atoms with Crippen molar-refractivity contribution in [3.8, 4) is 0 Å². The molecular weight excluding hydrogens is 440 g/mol. The fourth-order valence-corrected chi connectivity index (χ4v) is 4.29. The van der Waals surface area contributed by atoms with Gasteiger partial charge in [0.05, 0.1) is 5.69 Å². The maximum absolute atomic E-state index is 13.2. The minimum Gasteiger partial charge on any atom is -0.335 e. The lowest BCUT2D eigenvalue weighted by Crippen LogP contribution is -2.42. The normalized spacial score (nSPS) is 16.1. The molecule has 0 spiro atoms. The molecule has 1 aliphatic heterocycles. The summed E-state index contributed by atoms with van der Waals surface area (Å²) >= 11 is 6.36. The van der Waals surface area contributed by atoms with Crippen LogP contribution in [-0.4, -0.2) is 68.6 Å². The Bertz CT molecular complexity index is 931. The lowest BCUT2D eigenvalue weighted by Gasteiger charge is -2.30. The van der Waals surface area contributed by atoms with E-state index in [0.29, 0.717) is 37.1 Å². The van der Waals surface area contributed by atoms with E-state index in [1.807, 2.05) is 41.8 Å². The predicted octanol–water partition coefficient (Wildman–Crippen LogP) is 3.45. The van der Waals surface area contributed by atoms with Gasteiger partial charge in [0.15, 0.2) is 0 Å². The minimum atomic E-state index is -0.0376. The highest BCUT2D eigenvalue weighted by atomic mass is 35.5. The fraction of sp³-hybridized carbons (Fsp3) is 0.583. The van der Waals surface area contributed by atoms with Crippen molar-refractivity contribution >= 4 is 29.1 Å². The third-order valence-corrected chi connectivity index (χ3v) is 6.15. The smallest absolute Gasteiger partial charge is 0.244 e. The van der Waals surface area contributed by atoms with Crippen LogP contribution in [0.5, 0.6) is 0 Å². The average molecular weight is 475 g/mol. The molecule has 0 saturated heterocycles. The molecule has 1 aromatic heterocycles. The van der Waals surface area contributed by atoms with E-state index in [9.17, 15) is 9.59 Å². The molecule has 8 nitrogen and oxygen atoms in total. The van der Waals surface area contributed by atoms with E-state index >= 15 is 0 Å². The molecular formula is C24H35ClN6O2. The first-order valence-electron chi connectivity index (χ1n) is 11.7. The van der Waals surface area contributed by atoms with Gasteiger partial charge in [-0.25, -0.2) is 9.67 Å². The molecule has 0 N–H and O–H groups in total. The second kappa shape index (κ2) is 11.6. The summed E-state index contributed by atoms with van der Waals surface area (Å²) < 4.78 is 1.54. The van der Waals surface area contributed by atoms with Crippen LogP contribution in [-0.2, 0) is 22.7 Å². The Balaban J connectivity index is 1.97. The summed E-state index contributed by atoms with van der Waals surface area (Å²) in [5, 5.41) is 4.66. The van der Waals surface area contributed by atoms with Crippen LogP contribution in [0.2, 0.25) is 5.02 Å². The molecule has 2 heterocycles. The monoisotopic (exact) mass is 474 g/mol. The molecule has 0 fully saturated rings. The number of nitrogens with zero attached hydrogens (tertiary/aromatic N) is 6. The topological polar surface area (TPSA) is 74.6 Å². The standard InChI is InChI=1S/C24H35ClN6O2/c1-18(2)12-23(32)31-9-5-8-28(19(3)4)10-11-29(24(33)15-30-17-26-16-27-30)14-20-6-7-21(25)13-22(20)31/h6-7,13,16-19H,5,8-12,14-15H2,1-4H3. The Hall–Kier alpha value is -2.45. The van der Waals surface area contributed by atoms with Gasteiger partial charge in [-0.05, 0) is 43.9 Å². The Labute approximate surface area is 201 Å². The zero-order valence-electron chi connectivity index (χ0n) is 20.1. The second-order valence-corrected chi connectivity index (χ2v) is 9.74. The van der Waals surface area contributed by atoms with Gasteiger partial charge in [-0.1, -0.05) is 31.5 Å². The quantitative estimate of drug-likeness (QED) is 0.663. The molecule has 3 rings (SSSR count). The molecule has 0 unspecified atom stereocenters. The molecule has 9 heteroatoms. The molecule has 2 aromatic rings. The van der Waals surface area contributed by atoms with Crippen LogP contribution in [0.1, 0.15) is 46.1 Å². The average Bonchev–Trinajstić information content (AvgIpc) is 3.24. The van der Waals surface area contributed by atoms with Gasteiger partial charge in [0.25, 0.3) is 0 Å². The number of carbonyl (C=O) groups excluding carboxylic acids is 2. The lowest BCUT2D eigenvalue weighted by molar-refractivity contribution is -0.133. The molecule has 0 radical (unpaired) electrons. The van der Waals surface area contributed by atoms with E-state index in [-0.39, 0.29) is 24.3 Å². The van der Waals surface area contributed by atoms with Crippen molar-refractivity contribution in [2.45, 2.75) is 59.7 Å². The summed E-state index contributed by atoms with van der Waals surface area (Å²) in [4.78, 5) is 36.5. The molecule has 0 bridgehead atoms. The van der Waals surface area contributed by atoms with Crippen LogP contribution < -0.4 is 4.90 Å². The van der Waals surface area contributed by atoms with E-state index in [2.05, 4.69) is 28.8 Å². The third kappa shape index (κ3) is 7.01. The van der Waals surface area contributed by atoms with Crippen LogP contribution in [0.25, 0.3) is 0 Å².